The van der Waals surface area contributed by atoms with Crippen LogP contribution in [0.5, 0.6) is 0 Å². The van der Waals surface area contributed by atoms with Gasteiger partial charge in [0.15, 0.2) is 5.82 Å². The van der Waals surface area contributed by atoms with Gasteiger partial charge in [-0.3, -0.25) is 4.79 Å². The van der Waals surface area contributed by atoms with Crippen molar-refractivity contribution in [3.05, 3.63) is 34.5 Å². The molecule has 2 heterocycles. The zero-order valence-electron chi connectivity index (χ0n) is 8.16. The SMILES string of the molecule is Cn1nnc(Cn2cccc(N)c2=O)n1. The van der Waals surface area contributed by atoms with E-state index in [1.165, 1.54) is 9.36 Å². The average molecular weight is 206 g/mol. The summed E-state index contributed by atoms with van der Waals surface area (Å²) >= 11 is 0. The van der Waals surface area contributed by atoms with Crippen LogP contribution in [-0.4, -0.2) is 24.8 Å². The molecule has 0 unspecified atom stereocenters. The minimum atomic E-state index is -0.245. The summed E-state index contributed by atoms with van der Waals surface area (Å²) in [6.45, 7) is 0.276. The average Bonchev–Trinajstić information content (AvgIpc) is 2.59. The number of tetrazole rings is 1. The van der Waals surface area contributed by atoms with E-state index >= 15 is 0 Å². The molecule has 7 heteroatoms. The number of rotatable bonds is 2. The normalized spacial score (nSPS) is 10.5. The molecule has 0 amide bonds. The molecule has 0 aromatic carbocycles. The lowest BCUT2D eigenvalue weighted by atomic mass is 10.4. The van der Waals surface area contributed by atoms with Crippen molar-refractivity contribution in [2.75, 3.05) is 5.73 Å². The topological polar surface area (TPSA) is 91.6 Å². The molecular formula is C8H10N6O. The predicted molar refractivity (Wildman–Crippen MR) is 53.0 cm³/mol. The zero-order valence-corrected chi connectivity index (χ0v) is 8.16. The van der Waals surface area contributed by atoms with Crippen LogP contribution in [0.15, 0.2) is 23.1 Å². The van der Waals surface area contributed by atoms with Crippen molar-refractivity contribution < 1.29 is 0 Å². The molecule has 0 saturated heterocycles. The van der Waals surface area contributed by atoms with Crippen molar-refractivity contribution >= 4 is 5.69 Å². The van der Waals surface area contributed by atoms with Crippen LogP contribution in [0, 0.1) is 0 Å². The van der Waals surface area contributed by atoms with Crippen LogP contribution in [-0.2, 0) is 13.6 Å². The van der Waals surface area contributed by atoms with Crippen LogP contribution in [0.2, 0.25) is 0 Å². The van der Waals surface area contributed by atoms with Crippen molar-refractivity contribution in [1.29, 1.82) is 0 Å². The van der Waals surface area contributed by atoms with Crippen LogP contribution in [0.4, 0.5) is 5.69 Å². The minimum Gasteiger partial charge on any atom is -0.394 e. The van der Waals surface area contributed by atoms with Gasteiger partial charge in [0.1, 0.15) is 0 Å². The Morgan fingerprint density at radius 3 is 3.00 bits per heavy atom. The molecule has 0 aliphatic rings. The van der Waals surface area contributed by atoms with E-state index in [1.807, 2.05) is 0 Å². The van der Waals surface area contributed by atoms with E-state index in [2.05, 4.69) is 15.4 Å². The lowest BCUT2D eigenvalue weighted by molar-refractivity contribution is 0.624. The van der Waals surface area contributed by atoms with Gasteiger partial charge in [0, 0.05) is 6.20 Å². The Hall–Kier alpha value is -2.18. The summed E-state index contributed by atoms with van der Waals surface area (Å²) in [6, 6.07) is 3.26. The van der Waals surface area contributed by atoms with E-state index in [1.54, 1.807) is 25.4 Å². The minimum absolute atomic E-state index is 0.210. The molecule has 15 heavy (non-hydrogen) atoms. The molecule has 0 radical (unpaired) electrons. The van der Waals surface area contributed by atoms with Gasteiger partial charge in [-0.05, 0) is 17.3 Å². The number of nitrogens with zero attached hydrogens (tertiary/aromatic N) is 5. The third kappa shape index (κ3) is 1.85. The molecule has 0 aliphatic carbocycles. The predicted octanol–water partition coefficient (Wildman–Crippen LogP) is -0.998. The van der Waals surface area contributed by atoms with Gasteiger partial charge in [0.05, 0.1) is 19.3 Å². The lowest BCUT2D eigenvalue weighted by Crippen LogP contribution is -2.22. The lowest BCUT2D eigenvalue weighted by Gasteiger charge is -2.01. The highest BCUT2D eigenvalue weighted by Crippen LogP contribution is 1.94. The second-order valence-corrected chi connectivity index (χ2v) is 3.09. The van der Waals surface area contributed by atoms with Gasteiger partial charge in [-0.15, -0.1) is 10.2 Å². The fraction of sp³-hybridized carbons (Fsp3) is 0.250. The molecule has 0 aliphatic heterocycles. The van der Waals surface area contributed by atoms with E-state index in [9.17, 15) is 4.79 Å². The second-order valence-electron chi connectivity index (χ2n) is 3.09. The first-order valence-electron chi connectivity index (χ1n) is 4.34. The molecule has 0 atom stereocenters. The summed E-state index contributed by atoms with van der Waals surface area (Å²) in [4.78, 5) is 12.9. The van der Waals surface area contributed by atoms with Crippen LogP contribution in [0.3, 0.4) is 0 Å². The molecule has 0 fully saturated rings. The molecule has 78 valence electrons. The van der Waals surface area contributed by atoms with Gasteiger partial charge in [0.25, 0.3) is 5.56 Å². The van der Waals surface area contributed by atoms with Crippen LogP contribution >= 0.6 is 0 Å². The highest BCUT2D eigenvalue weighted by Gasteiger charge is 2.04. The fourth-order valence-corrected chi connectivity index (χ4v) is 1.22. The van der Waals surface area contributed by atoms with E-state index < -0.39 is 0 Å². The maximum atomic E-state index is 11.5. The molecule has 7 nitrogen and oxygen atoms in total. The van der Waals surface area contributed by atoms with E-state index in [-0.39, 0.29) is 17.8 Å². The molecule has 2 N–H and O–H groups in total. The first-order valence-corrected chi connectivity index (χ1v) is 4.34. The molecule has 0 spiro atoms. The van der Waals surface area contributed by atoms with Crippen LogP contribution in [0.1, 0.15) is 5.82 Å². The molecule has 0 bridgehead atoms. The highest BCUT2D eigenvalue weighted by atomic mass is 16.1. The number of nitrogen functional groups attached to an aromatic ring is 1. The van der Waals surface area contributed by atoms with E-state index in [0.717, 1.165) is 0 Å². The quantitative estimate of drug-likeness (QED) is 0.680. The van der Waals surface area contributed by atoms with E-state index in [0.29, 0.717) is 5.82 Å². The van der Waals surface area contributed by atoms with Crippen molar-refractivity contribution in [3.63, 3.8) is 0 Å². The maximum Gasteiger partial charge on any atom is 0.274 e. The van der Waals surface area contributed by atoms with Crippen molar-refractivity contribution in [3.8, 4) is 0 Å². The second kappa shape index (κ2) is 3.52. The van der Waals surface area contributed by atoms with Gasteiger partial charge in [-0.25, -0.2) is 0 Å². The van der Waals surface area contributed by atoms with Gasteiger partial charge in [0.2, 0.25) is 0 Å². The number of hydrogen-bond acceptors (Lipinski definition) is 5. The zero-order chi connectivity index (χ0) is 10.8. The van der Waals surface area contributed by atoms with E-state index in [4.69, 9.17) is 5.73 Å². The molecule has 2 aromatic heterocycles. The Labute approximate surface area is 85.1 Å². The van der Waals surface area contributed by atoms with Gasteiger partial charge in [-0.2, -0.15) is 4.80 Å². The molecule has 2 rings (SSSR count). The first-order chi connectivity index (χ1) is 7.16. The Bertz CT molecular complexity index is 528. The number of anilines is 1. The Morgan fingerprint density at radius 2 is 2.33 bits per heavy atom. The number of nitrogens with two attached hydrogens (primary N) is 1. The summed E-state index contributed by atoms with van der Waals surface area (Å²) in [5.74, 6) is 0.477. The first kappa shape index (κ1) is 9.38. The number of hydrogen-bond donors (Lipinski definition) is 1. The molecule has 0 saturated carbocycles. The summed E-state index contributed by atoms with van der Waals surface area (Å²) in [5, 5.41) is 11.4. The van der Waals surface area contributed by atoms with Crippen molar-refractivity contribution in [2.45, 2.75) is 6.54 Å². The summed E-state index contributed by atoms with van der Waals surface area (Å²) in [7, 11) is 1.67. The fourth-order valence-electron chi connectivity index (χ4n) is 1.22. The Balaban J connectivity index is 2.32. The number of aromatic nitrogens is 5. The van der Waals surface area contributed by atoms with Crippen LogP contribution in [0.25, 0.3) is 0 Å². The number of pyridine rings is 1. The van der Waals surface area contributed by atoms with Gasteiger partial charge >= 0.3 is 0 Å². The maximum absolute atomic E-state index is 11.5. The third-order valence-electron chi connectivity index (χ3n) is 1.91. The van der Waals surface area contributed by atoms with Crippen molar-refractivity contribution in [1.82, 2.24) is 24.8 Å². The smallest absolute Gasteiger partial charge is 0.274 e. The number of aryl methyl sites for hydroxylation is 1. The highest BCUT2D eigenvalue weighted by molar-refractivity contribution is 5.33. The van der Waals surface area contributed by atoms with Crippen molar-refractivity contribution in [2.24, 2.45) is 7.05 Å². The molecule has 2 aromatic rings. The monoisotopic (exact) mass is 206 g/mol. The van der Waals surface area contributed by atoms with Crippen LogP contribution < -0.4 is 11.3 Å². The Kier molecular flexibility index (Phi) is 2.20. The summed E-state index contributed by atoms with van der Waals surface area (Å²) < 4.78 is 1.44. The standard InChI is InChI=1S/C8H10N6O/c1-13-11-7(10-12-13)5-14-4-2-3-6(9)8(14)15/h2-4H,5,9H2,1H3. The summed E-state index contributed by atoms with van der Waals surface area (Å²) in [5.41, 5.74) is 5.45. The molecular weight excluding hydrogens is 196 g/mol. The third-order valence-corrected chi connectivity index (χ3v) is 1.91. The largest absolute Gasteiger partial charge is 0.394 e. The van der Waals surface area contributed by atoms with Gasteiger partial charge in [-0.1, -0.05) is 0 Å². The Morgan fingerprint density at radius 1 is 1.53 bits per heavy atom. The summed E-state index contributed by atoms with van der Waals surface area (Å²) in [6.07, 6.45) is 1.63. The van der Waals surface area contributed by atoms with Gasteiger partial charge < -0.3 is 10.3 Å².